The molecule has 6 aliphatic rings. The number of likely N-dealkylation sites (tertiary alicyclic amines) is 4. The van der Waals surface area contributed by atoms with Crippen LogP contribution in [0.1, 0.15) is 205 Å². The van der Waals surface area contributed by atoms with Gasteiger partial charge < -0.3 is 60.2 Å². The van der Waals surface area contributed by atoms with Crippen molar-refractivity contribution in [3.63, 3.8) is 0 Å². The molecule has 0 spiro atoms. The Morgan fingerprint density at radius 2 is 0.920 bits per heavy atom. The number of aromatic nitrogens is 3. The van der Waals surface area contributed by atoms with Crippen LogP contribution in [0.15, 0.2) is 193 Å². The number of aryl methyl sites for hydroxylation is 10. The van der Waals surface area contributed by atoms with Crippen LogP contribution in [0.25, 0.3) is 32.0 Å². The maximum absolute atomic E-state index is 13.9. The highest BCUT2D eigenvalue weighted by Crippen LogP contribution is 2.38. The number of hydrogen-bond donors (Lipinski definition) is 6. The molecule has 9 heterocycles. The average molecular weight is 1910 g/mol. The Morgan fingerprint density at radius 1 is 0.486 bits per heavy atom. The van der Waals surface area contributed by atoms with Crippen LogP contribution in [0.3, 0.4) is 0 Å². The lowest BCUT2D eigenvalue weighted by Gasteiger charge is -2.35. The Bertz CT molecular complexity index is 6100. The van der Waals surface area contributed by atoms with E-state index in [1.165, 1.54) is 26.5 Å². The number of hydrogen-bond acceptors (Lipinski definition) is 20. The average Bonchev–Trinajstić information content (AvgIpc) is 1.61. The molecule has 0 unspecified atom stereocenters. The zero-order valence-corrected chi connectivity index (χ0v) is 82.8. The van der Waals surface area contributed by atoms with Crippen molar-refractivity contribution in [1.29, 1.82) is 0 Å². The van der Waals surface area contributed by atoms with E-state index in [1.54, 1.807) is 56.9 Å². The Hall–Kier alpha value is -12.4. The molecule has 26 nitrogen and oxygen atoms in total. The first-order chi connectivity index (χ1) is 65.6. The van der Waals surface area contributed by atoms with E-state index in [-0.39, 0.29) is 129 Å². The number of nitrogens with one attached hydrogen (secondary N) is 1. The van der Waals surface area contributed by atoms with Gasteiger partial charge in [0, 0.05) is 113 Å². The minimum absolute atomic E-state index is 0.00189. The maximum Gasteiger partial charge on any atom is 0.326 e. The van der Waals surface area contributed by atoms with Crippen molar-refractivity contribution in [2.75, 3.05) is 26.2 Å². The molecule has 138 heavy (non-hydrogen) atoms. The van der Waals surface area contributed by atoms with E-state index < -0.39 is 83.5 Å². The molecule has 4 fully saturated rings. The number of thiazole rings is 2. The first kappa shape index (κ1) is 103. The minimum atomic E-state index is -1.25. The number of benzene rings is 7. The van der Waals surface area contributed by atoms with Crippen molar-refractivity contribution in [1.82, 2.24) is 49.7 Å². The van der Waals surface area contributed by atoms with E-state index in [0.29, 0.717) is 68.3 Å². The van der Waals surface area contributed by atoms with Crippen LogP contribution in [0.4, 0.5) is 0 Å². The van der Waals surface area contributed by atoms with Gasteiger partial charge in [0.15, 0.2) is 17.3 Å². The molecule has 6 N–H and O–H groups in total. The van der Waals surface area contributed by atoms with Crippen molar-refractivity contribution in [2.24, 2.45) is 17.3 Å². The van der Waals surface area contributed by atoms with Crippen molar-refractivity contribution in [3.05, 3.63) is 277 Å². The van der Waals surface area contributed by atoms with Crippen LogP contribution in [0.2, 0.25) is 0 Å². The van der Waals surface area contributed by atoms with Crippen molar-refractivity contribution in [2.45, 2.75) is 253 Å². The maximum atomic E-state index is 13.9. The van der Waals surface area contributed by atoms with Gasteiger partial charge in [0.2, 0.25) is 23.6 Å². The third-order valence-corrected chi connectivity index (χ3v) is 29.1. The van der Waals surface area contributed by atoms with E-state index in [1.807, 2.05) is 235 Å². The van der Waals surface area contributed by atoms with Crippen LogP contribution >= 0.6 is 22.7 Å². The number of nitrogens with zero attached hydrogens (tertiary/aromatic N) is 9. The summed E-state index contributed by atoms with van der Waals surface area (Å²) in [4.78, 5) is 168. The Balaban J connectivity index is 0.000000157. The second kappa shape index (κ2) is 45.0. The number of carbonyl (C=O) groups excluding carboxylic acids is 10. The molecule has 726 valence electrons. The Labute approximate surface area is 816 Å². The smallest absolute Gasteiger partial charge is 0.326 e. The molecule has 3 aromatic heterocycles. The third kappa shape index (κ3) is 24.6. The zero-order chi connectivity index (χ0) is 99.5. The first-order valence-electron chi connectivity index (χ1n) is 47.6. The van der Waals surface area contributed by atoms with Gasteiger partial charge in [-0.15, -0.1) is 22.7 Å². The van der Waals surface area contributed by atoms with Crippen LogP contribution in [0.5, 0.6) is 0 Å². The molecule has 10 aromatic rings. The number of fused-ring (bicyclic) bond motifs is 2. The summed E-state index contributed by atoms with van der Waals surface area (Å²) in [5, 5.41) is 53.8. The number of β-amino-alcohol motifs (C(OH)–C–C–N with tert-alkyl or cyclic N) is 4. The van der Waals surface area contributed by atoms with Gasteiger partial charge in [-0.1, -0.05) is 200 Å². The summed E-state index contributed by atoms with van der Waals surface area (Å²) in [5.41, 5.74) is 20.3. The number of pyridine rings is 1. The van der Waals surface area contributed by atoms with Gasteiger partial charge in [0.25, 0.3) is 17.7 Å². The SMILES string of the molecule is CC(C)[C@@H](C(=O)N1C[C@](C)(O)C[C@H]1C(=O)O)N1Cc2ccccc2C1=O.Cc1ccc(C(=O)N2C[C@H](O)C[C@H]2C(=O)CCc2ccc(-c3scnc3C)cc2)c(C)c1.Cc1ccccc1CCC(=O)N[C@H](C(=O)N1C[C@H](O)C[C@H]1C(=O)CCc1ccc(-c2scnc2C)cc1)C(C)(C)C.Cc1cnccc1-c1ccc(CCC(=O)[C@@H]2C[C@@H](O)CN2C(=O)[C@H](C(C)C)N2Cc3ccccc3C2=O)cc1. The number of rotatable bonds is 28. The number of aliphatic carboxylic acids is 1. The number of carbonyl (C=O) groups is 11. The van der Waals surface area contributed by atoms with E-state index >= 15 is 0 Å². The monoisotopic (exact) mass is 1910 g/mol. The van der Waals surface area contributed by atoms with Crippen LogP contribution in [-0.4, -0.2) is 227 Å². The molecule has 16 rings (SSSR count). The second-order valence-electron chi connectivity index (χ2n) is 39.6. The lowest BCUT2D eigenvalue weighted by Crippen LogP contribution is -2.56. The summed E-state index contributed by atoms with van der Waals surface area (Å²) in [6.07, 6.45) is 5.58. The number of Topliss-reactive ketones (excluding diaryl/α,β-unsaturated/α-hetero) is 3. The Morgan fingerprint density at radius 3 is 1.35 bits per heavy atom. The summed E-state index contributed by atoms with van der Waals surface area (Å²) < 4.78 is 0. The van der Waals surface area contributed by atoms with Gasteiger partial charge in [-0.3, -0.25) is 52.9 Å². The van der Waals surface area contributed by atoms with E-state index in [9.17, 15) is 78.3 Å². The molecule has 0 radical (unpaired) electrons. The predicted molar refractivity (Wildman–Crippen MR) is 532 cm³/mol. The summed E-state index contributed by atoms with van der Waals surface area (Å²) in [5.74, 6) is -3.39. The summed E-state index contributed by atoms with van der Waals surface area (Å²) in [6.45, 7) is 27.7. The highest BCUT2D eigenvalue weighted by atomic mass is 32.1. The second-order valence-corrected chi connectivity index (χ2v) is 41.3. The molecule has 0 saturated carbocycles. The fourth-order valence-electron chi connectivity index (χ4n) is 19.6. The molecular weight excluding hydrogens is 1780 g/mol. The van der Waals surface area contributed by atoms with Crippen LogP contribution in [-0.2, 0) is 77.1 Å². The van der Waals surface area contributed by atoms with Crippen molar-refractivity contribution in [3.8, 4) is 32.0 Å². The molecule has 28 heteroatoms. The largest absolute Gasteiger partial charge is 0.480 e. The summed E-state index contributed by atoms with van der Waals surface area (Å²) >= 11 is 3.22. The quantitative estimate of drug-likeness (QED) is 0.0265. The minimum Gasteiger partial charge on any atom is -0.480 e. The van der Waals surface area contributed by atoms with Gasteiger partial charge in [-0.2, -0.15) is 0 Å². The van der Waals surface area contributed by atoms with Crippen LogP contribution in [0, 0.1) is 58.8 Å². The molecule has 11 atom stereocenters. The van der Waals surface area contributed by atoms with Gasteiger partial charge in [-0.25, -0.2) is 14.8 Å². The number of carboxylic acids is 1. The highest BCUT2D eigenvalue weighted by molar-refractivity contribution is 7.13. The predicted octanol–water partition coefficient (Wildman–Crippen LogP) is 14.9. The normalized spacial score (nSPS) is 20.0. The fourth-order valence-corrected chi connectivity index (χ4v) is 21.3. The summed E-state index contributed by atoms with van der Waals surface area (Å²) in [6, 6.07) is 49.4. The molecule has 7 aromatic carbocycles. The zero-order valence-electron chi connectivity index (χ0n) is 81.2. The third-order valence-electron chi connectivity index (χ3n) is 27.1. The lowest BCUT2D eigenvalue weighted by atomic mass is 9.85. The first-order valence-corrected chi connectivity index (χ1v) is 49.4. The fraction of sp³-hybridized carbons (Fsp3) is 0.418. The van der Waals surface area contributed by atoms with Gasteiger partial charge >= 0.3 is 5.97 Å². The van der Waals surface area contributed by atoms with Gasteiger partial charge in [0.05, 0.1) is 80.7 Å². The molecule has 6 aliphatic heterocycles. The number of carboxylic acid groups (broad SMARTS) is 1. The number of aliphatic hydroxyl groups is 4. The van der Waals surface area contributed by atoms with Crippen molar-refractivity contribution < 1.29 is 78.3 Å². The Kier molecular flexibility index (Phi) is 33.6. The van der Waals surface area contributed by atoms with Gasteiger partial charge in [0.1, 0.15) is 24.2 Å². The molecule has 4 saturated heterocycles. The molecule has 7 amide bonds. The number of ketones is 3. The molecule has 0 aliphatic carbocycles. The highest BCUT2D eigenvalue weighted by Gasteiger charge is 2.52. The molecule has 0 bridgehead atoms. The van der Waals surface area contributed by atoms with E-state index in [2.05, 4.69) is 44.5 Å². The van der Waals surface area contributed by atoms with Crippen LogP contribution < -0.4 is 5.32 Å². The van der Waals surface area contributed by atoms with E-state index in [4.69, 9.17) is 0 Å². The standard InChI is InChI=1S/C33H41N3O4S.C32H35N3O4.C26H28N2O3S.C19H24N2O5/c1-21-8-6-7-9-24(21)15-17-29(39)35-31(33(3,4)5)32(40)36-19-26(37)18-27(36)28(38)16-12-23-10-13-25(14-11-23)30-22(2)34-20-41-30;1-20(2)30(35-18-24-6-4-5-7-27(24)31(35)38)32(39)34-19-25(36)16-28(34)29(37)13-10-22-8-11-23(12-9-22)26-14-15-33-17-21(26)3;1-16-4-10-22(17(2)12-16)26(31)28-14-21(29)13-23(28)24(30)11-7-19-5-8-20(9-6-19)25-18(3)27-15-32-25;1-11(2)15(20-9-12-6-4-5-7-13(12)16(20)22)17(23)21-10-19(3,26)8-14(21)18(24)25/h6-11,13-14,20,26-27,31,37H,12,15-19H2,1-5H3,(H,35,39);4-9,11-12,14-15,17,20,25,28,30,36H,10,13,16,18-19H2,1-3H3;4-6,8-10,12,15,21,23,29H,7,11,13-14H2,1-3H3;4-7,11,14-15,26H,8-10H2,1-3H3,(H,24,25)/t26-,27+,31-;25-,28+,30+;21-,23+;14-,15-,19+/m1110/s1. The van der Waals surface area contributed by atoms with Crippen molar-refractivity contribution >= 4 is 87.3 Å². The van der Waals surface area contributed by atoms with E-state index in [0.717, 1.165) is 99.0 Å². The van der Waals surface area contributed by atoms with Gasteiger partial charge in [-0.05, 0) is 188 Å². The number of aliphatic hydroxyl groups excluding tert-OH is 3. The topological polar surface area (TPSA) is 359 Å². The molecular formula is C110H128N10O16S2. The summed E-state index contributed by atoms with van der Waals surface area (Å²) in [7, 11) is 0. The lowest BCUT2D eigenvalue weighted by molar-refractivity contribution is -0.150. The number of amides is 7.